The molecule has 0 heterocycles. The Hall–Kier alpha value is -0.0800. The molecule has 2 nitrogen and oxygen atoms in total. The molecule has 0 aromatic carbocycles. The van der Waals surface area contributed by atoms with Crippen molar-refractivity contribution < 1.29 is 0 Å². The summed E-state index contributed by atoms with van der Waals surface area (Å²) >= 11 is 13.9. The monoisotopic (exact) mass is 280 g/mol. The Balaban J connectivity index is 4.16. The zero-order valence-corrected chi connectivity index (χ0v) is 11.5. The Bertz CT molecular complexity index is 325. The van der Waals surface area contributed by atoms with Gasteiger partial charge in [-0.05, 0) is 19.3 Å². The van der Waals surface area contributed by atoms with Gasteiger partial charge in [-0.3, -0.25) is 0 Å². The van der Waals surface area contributed by atoms with E-state index in [2.05, 4.69) is 4.99 Å². The second-order valence-corrected chi connectivity index (χ2v) is 5.47. The molecule has 0 fully saturated rings. The van der Waals surface area contributed by atoms with E-state index in [9.17, 15) is 0 Å². The van der Waals surface area contributed by atoms with Crippen molar-refractivity contribution in [2.45, 2.75) is 6.92 Å². The molecule has 0 saturated carbocycles. The Kier molecular flexibility index (Phi) is 9.12. The first-order chi connectivity index (χ1) is 7.10. The zero-order valence-electron chi connectivity index (χ0n) is 8.33. The second kappa shape index (κ2) is 9.17. The van der Waals surface area contributed by atoms with E-state index in [-0.39, 0.29) is 4.49 Å². The molecular formula is C9H10Cl2N2S2. The highest BCUT2D eigenvalue weighted by Crippen LogP contribution is 2.17. The molecule has 0 radical (unpaired) electrons. The minimum Gasteiger partial charge on any atom is -0.170 e. The first-order valence-corrected chi connectivity index (χ1v) is 6.88. The number of aliphatic imine (C=N–C) groups is 1. The quantitative estimate of drug-likeness (QED) is 0.337. The summed E-state index contributed by atoms with van der Waals surface area (Å²) in [7, 11) is 0. The van der Waals surface area contributed by atoms with E-state index in [1.807, 2.05) is 19.3 Å². The van der Waals surface area contributed by atoms with Crippen LogP contribution in [0.3, 0.4) is 0 Å². The summed E-state index contributed by atoms with van der Waals surface area (Å²) in [6.07, 6.45) is 7.12. The van der Waals surface area contributed by atoms with Crippen LogP contribution < -0.4 is 0 Å². The lowest BCUT2D eigenvalue weighted by molar-refractivity contribution is 1.41. The lowest BCUT2D eigenvalue weighted by Gasteiger charge is -2.00. The lowest BCUT2D eigenvalue weighted by atomic mass is 10.3. The first kappa shape index (κ1) is 14.9. The van der Waals surface area contributed by atoms with Crippen LogP contribution in [0.2, 0.25) is 0 Å². The highest BCUT2D eigenvalue weighted by molar-refractivity contribution is 8.38. The van der Waals surface area contributed by atoms with E-state index in [0.29, 0.717) is 0 Å². The molecule has 0 N–H and O–H groups in total. The smallest absolute Gasteiger partial charge is 0.170 e. The summed E-state index contributed by atoms with van der Waals surface area (Å²) < 4.78 is 0.987. The van der Waals surface area contributed by atoms with Crippen LogP contribution in [0.4, 0.5) is 0 Å². The fourth-order valence-corrected chi connectivity index (χ4v) is 2.07. The van der Waals surface area contributed by atoms with E-state index >= 15 is 0 Å². The maximum Gasteiger partial charge on any atom is 0.207 e. The van der Waals surface area contributed by atoms with E-state index < -0.39 is 0 Å². The van der Waals surface area contributed by atoms with Crippen molar-refractivity contribution in [2.75, 3.05) is 12.0 Å². The van der Waals surface area contributed by atoms with Crippen molar-refractivity contribution in [3.8, 4) is 6.19 Å². The Morgan fingerprint density at radius 2 is 2.13 bits per heavy atom. The summed E-state index contributed by atoms with van der Waals surface area (Å²) in [6, 6.07) is 0. The summed E-state index contributed by atoms with van der Waals surface area (Å²) in [5.74, 6) is 0.763. The van der Waals surface area contributed by atoms with Gasteiger partial charge in [-0.25, -0.2) is 0 Å². The van der Waals surface area contributed by atoms with Crippen LogP contribution in [0.25, 0.3) is 0 Å². The molecule has 0 aromatic heterocycles. The van der Waals surface area contributed by atoms with Crippen molar-refractivity contribution in [3.63, 3.8) is 0 Å². The van der Waals surface area contributed by atoms with E-state index in [1.165, 1.54) is 23.5 Å². The molecule has 0 saturated heterocycles. The molecule has 0 spiro atoms. The van der Waals surface area contributed by atoms with Gasteiger partial charge in [0.15, 0.2) is 0 Å². The molecule has 0 rings (SSSR count). The molecule has 0 aliphatic heterocycles. The standard InChI is InChI=1S/C9H10Cl2N2S2/c1-7(3-4-8(10)11)5-15-9(14-2)13-6-12/h3-4H,5H2,1-2H3. The minimum absolute atomic E-state index is 0.232. The molecule has 82 valence electrons. The molecule has 0 amide bonds. The summed E-state index contributed by atoms with van der Waals surface area (Å²) in [5, 5.41) is 8.39. The normalized spacial score (nSPS) is 12.2. The third-order valence-electron chi connectivity index (χ3n) is 1.23. The van der Waals surface area contributed by atoms with Gasteiger partial charge in [-0.2, -0.15) is 10.3 Å². The van der Waals surface area contributed by atoms with Crippen molar-refractivity contribution in [1.29, 1.82) is 5.26 Å². The van der Waals surface area contributed by atoms with E-state index in [1.54, 1.807) is 12.3 Å². The number of nitriles is 1. The van der Waals surface area contributed by atoms with Crippen LogP contribution >= 0.6 is 46.7 Å². The van der Waals surface area contributed by atoms with Gasteiger partial charge in [-0.15, -0.1) is 11.8 Å². The van der Waals surface area contributed by atoms with Crippen LogP contribution in [0.1, 0.15) is 6.92 Å². The van der Waals surface area contributed by atoms with Crippen molar-refractivity contribution >= 4 is 51.1 Å². The maximum absolute atomic E-state index is 8.39. The number of halogens is 2. The van der Waals surface area contributed by atoms with Gasteiger partial charge in [0.05, 0.1) is 0 Å². The number of allylic oxidation sites excluding steroid dienone is 2. The highest BCUT2D eigenvalue weighted by atomic mass is 35.5. The molecule has 6 heteroatoms. The van der Waals surface area contributed by atoms with Crippen LogP contribution in [0, 0.1) is 11.5 Å². The van der Waals surface area contributed by atoms with E-state index in [0.717, 1.165) is 15.7 Å². The van der Waals surface area contributed by atoms with Gasteiger partial charge >= 0.3 is 0 Å². The van der Waals surface area contributed by atoms with Crippen molar-refractivity contribution in [3.05, 3.63) is 22.2 Å². The predicted octanol–water partition coefficient (Wildman–Crippen LogP) is 4.18. The minimum atomic E-state index is 0.232. The van der Waals surface area contributed by atoms with Crippen molar-refractivity contribution in [1.82, 2.24) is 0 Å². The predicted molar refractivity (Wildman–Crippen MR) is 72.6 cm³/mol. The average Bonchev–Trinajstić information content (AvgIpc) is 2.21. The topological polar surface area (TPSA) is 36.1 Å². The van der Waals surface area contributed by atoms with Crippen LogP contribution in [0.5, 0.6) is 0 Å². The Morgan fingerprint density at radius 1 is 1.47 bits per heavy atom. The van der Waals surface area contributed by atoms with Crippen LogP contribution in [-0.4, -0.2) is 16.4 Å². The van der Waals surface area contributed by atoms with Crippen LogP contribution in [0.15, 0.2) is 27.2 Å². The summed E-state index contributed by atoms with van der Waals surface area (Å²) in [5.41, 5.74) is 1.11. The molecule has 15 heavy (non-hydrogen) atoms. The molecule has 0 bridgehead atoms. The SMILES string of the molecule is CSC(=NC#N)SCC(C)=CC=C(Cl)Cl. The van der Waals surface area contributed by atoms with Gasteiger partial charge in [-0.1, -0.05) is 46.6 Å². The number of hydrogen-bond acceptors (Lipinski definition) is 4. The molecule has 0 aromatic rings. The largest absolute Gasteiger partial charge is 0.207 e. The van der Waals surface area contributed by atoms with Crippen molar-refractivity contribution in [2.24, 2.45) is 4.99 Å². The number of hydrogen-bond donors (Lipinski definition) is 0. The molecule has 0 unspecified atom stereocenters. The fourth-order valence-electron chi connectivity index (χ4n) is 0.607. The second-order valence-electron chi connectivity index (χ2n) is 2.44. The number of rotatable bonds is 3. The maximum atomic E-state index is 8.39. The summed E-state index contributed by atoms with van der Waals surface area (Å²) in [6.45, 7) is 1.96. The van der Waals surface area contributed by atoms with Gasteiger partial charge < -0.3 is 0 Å². The average molecular weight is 281 g/mol. The zero-order chi connectivity index (χ0) is 11.7. The Labute approximate surface area is 108 Å². The fraction of sp³-hybridized carbons (Fsp3) is 0.333. The molecular weight excluding hydrogens is 271 g/mol. The highest BCUT2D eigenvalue weighted by Gasteiger charge is 1.98. The molecule has 0 aliphatic rings. The molecule has 0 aliphatic carbocycles. The van der Waals surface area contributed by atoms with E-state index in [4.69, 9.17) is 28.5 Å². The third kappa shape index (κ3) is 8.88. The third-order valence-corrected chi connectivity index (χ3v) is 3.72. The molecule has 0 atom stereocenters. The first-order valence-electron chi connectivity index (χ1n) is 3.92. The Morgan fingerprint density at radius 3 is 2.60 bits per heavy atom. The van der Waals surface area contributed by atoms with Crippen LogP contribution in [-0.2, 0) is 0 Å². The van der Waals surface area contributed by atoms with Gasteiger partial charge in [0.1, 0.15) is 8.87 Å². The van der Waals surface area contributed by atoms with Gasteiger partial charge in [0.25, 0.3) is 0 Å². The summed E-state index contributed by atoms with van der Waals surface area (Å²) in [4.78, 5) is 3.66. The number of thioether (sulfide) groups is 2. The lowest BCUT2D eigenvalue weighted by Crippen LogP contribution is -1.88. The van der Waals surface area contributed by atoms with Gasteiger partial charge in [0, 0.05) is 5.75 Å². The van der Waals surface area contributed by atoms with Gasteiger partial charge in [0.2, 0.25) is 6.19 Å². The number of nitrogens with zero attached hydrogens (tertiary/aromatic N) is 2.